The number of ether oxygens (including phenoxy) is 1. The van der Waals surface area contributed by atoms with Gasteiger partial charge in [-0.1, -0.05) is 11.6 Å². The molecule has 8 heteroatoms. The second-order valence-electron chi connectivity index (χ2n) is 3.09. The fourth-order valence-electron chi connectivity index (χ4n) is 1.06. The van der Waals surface area contributed by atoms with E-state index in [0.29, 0.717) is 16.5 Å². The van der Waals surface area contributed by atoms with Crippen molar-refractivity contribution >= 4 is 29.3 Å². The summed E-state index contributed by atoms with van der Waals surface area (Å²) in [5.74, 6) is -0.715. The van der Waals surface area contributed by atoms with E-state index in [1.807, 2.05) is 5.48 Å². The molecule has 0 radical (unpaired) electrons. The summed E-state index contributed by atoms with van der Waals surface area (Å²) < 4.78 is 4.95. The highest BCUT2D eigenvalue weighted by Gasteiger charge is 2.06. The van der Waals surface area contributed by atoms with Gasteiger partial charge in [-0.3, -0.25) is 4.84 Å². The van der Waals surface area contributed by atoms with Crippen molar-refractivity contribution in [2.45, 2.75) is 0 Å². The Balaban J connectivity index is 2.49. The number of amides is 2. The van der Waals surface area contributed by atoms with Crippen LogP contribution in [0.1, 0.15) is 0 Å². The van der Waals surface area contributed by atoms with Crippen LogP contribution in [0.15, 0.2) is 18.2 Å². The number of hydrogen-bond donors (Lipinski definition) is 3. The van der Waals surface area contributed by atoms with Crippen LogP contribution in [-0.2, 0) is 9.63 Å². The van der Waals surface area contributed by atoms with Gasteiger partial charge in [-0.05, 0) is 18.2 Å². The van der Waals surface area contributed by atoms with Crippen molar-refractivity contribution in [1.29, 1.82) is 0 Å². The molecule has 1 aromatic carbocycles. The second kappa shape index (κ2) is 6.67. The maximum absolute atomic E-state index is 11.2. The number of carbonyl (C=O) groups excluding carboxylic acids is 1. The Morgan fingerprint density at radius 2 is 2.17 bits per heavy atom. The molecule has 1 aromatic rings. The molecule has 0 bridgehead atoms. The lowest BCUT2D eigenvalue weighted by Crippen LogP contribution is -2.30. The fraction of sp³-hybridized carbons (Fsp3) is 0.200. The maximum atomic E-state index is 11.2. The topological polar surface area (TPSA) is 96.9 Å². The lowest BCUT2D eigenvalue weighted by Gasteiger charge is -2.08. The van der Waals surface area contributed by atoms with Gasteiger partial charge in [0, 0.05) is 5.69 Å². The number of methoxy groups -OCH3 is 1. The summed E-state index contributed by atoms with van der Waals surface area (Å²) in [6.45, 7) is -0.628. The highest BCUT2D eigenvalue weighted by Crippen LogP contribution is 2.26. The zero-order valence-electron chi connectivity index (χ0n) is 9.40. The van der Waals surface area contributed by atoms with Crippen molar-refractivity contribution in [3.05, 3.63) is 23.2 Å². The number of carboxylic acids is 1. The van der Waals surface area contributed by atoms with E-state index in [1.165, 1.54) is 13.2 Å². The van der Waals surface area contributed by atoms with Crippen molar-refractivity contribution in [2.24, 2.45) is 0 Å². The smallest absolute Gasteiger partial charge is 0.343 e. The fourth-order valence-corrected chi connectivity index (χ4v) is 1.32. The summed E-state index contributed by atoms with van der Waals surface area (Å²) in [6.07, 6.45) is 0. The lowest BCUT2D eigenvalue weighted by atomic mass is 10.3. The van der Waals surface area contributed by atoms with Crippen LogP contribution < -0.4 is 15.5 Å². The molecule has 0 saturated heterocycles. The Morgan fingerprint density at radius 3 is 2.72 bits per heavy atom. The first-order valence-corrected chi connectivity index (χ1v) is 5.15. The van der Waals surface area contributed by atoms with Gasteiger partial charge in [0.2, 0.25) is 0 Å². The number of anilines is 1. The molecule has 18 heavy (non-hydrogen) atoms. The summed E-state index contributed by atoms with van der Waals surface area (Å²) in [5, 5.41) is 11.0. The summed E-state index contributed by atoms with van der Waals surface area (Å²) in [4.78, 5) is 25.8. The highest BCUT2D eigenvalue weighted by atomic mass is 35.5. The molecule has 0 aliphatic rings. The average molecular weight is 275 g/mol. The second-order valence-corrected chi connectivity index (χ2v) is 3.50. The van der Waals surface area contributed by atoms with Crippen LogP contribution in [0, 0.1) is 0 Å². The number of rotatable bonds is 5. The molecule has 0 aliphatic heterocycles. The Hall–Kier alpha value is -1.99. The summed E-state index contributed by atoms with van der Waals surface area (Å²) >= 11 is 5.85. The van der Waals surface area contributed by atoms with Gasteiger partial charge in [-0.15, -0.1) is 0 Å². The SMILES string of the molecule is COc1ccc(NC(=O)NOCC(=O)O)cc1Cl. The van der Waals surface area contributed by atoms with Crippen LogP contribution in [0.2, 0.25) is 5.02 Å². The molecular formula is C10H11ClN2O5. The van der Waals surface area contributed by atoms with E-state index < -0.39 is 18.6 Å². The van der Waals surface area contributed by atoms with Crippen LogP contribution in [0.4, 0.5) is 10.5 Å². The van der Waals surface area contributed by atoms with E-state index in [-0.39, 0.29) is 0 Å². The third-order valence-corrected chi connectivity index (χ3v) is 2.07. The molecule has 2 amide bonds. The van der Waals surface area contributed by atoms with Crippen LogP contribution in [0.3, 0.4) is 0 Å². The van der Waals surface area contributed by atoms with Gasteiger partial charge in [-0.2, -0.15) is 0 Å². The van der Waals surface area contributed by atoms with Crippen LogP contribution >= 0.6 is 11.6 Å². The standard InChI is InChI=1S/C10H11ClN2O5/c1-17-8-3-2-6(4-7(8)11)12-10(16)13-18-5-9(14)15/h2-4H,5H2,1H3,(H,14,15)(H2,12,13,16). The first kappa shape index (κ1) is 14.1. The van der Waals surface area contributed by atoms with Crippen molar-refractivity contribution < 1.29 is 24.3 Å². The summed E-state index contributed by atoms with van der Waals surface area (Å²) in [6, 6.07) is 3.92. The van der Waals surface area contributed by atoms with Gasteiger partial charge in [0.05, 0.1) is 12.1 Å². The molecule has 3 N–H and O–H groups in total. The number of halogens is 1. The minimum absolute atomic E-state index is 0.335. The number of urea groups is 1. The minimum Gasteiger partial charge on any atom is -0.495 e. The molecule has 1 rings (SSSR count). The van der Waals surface area contributed by atoms with E-state index in [0.717, 1.165) is 0 Å². The zero-order chi connectivity index (χ0) is 13.5. The van der Waals surface area contributed by atoms with Crippen molar-refractivity contribution in [1.82, 2.24) is 5.48 Å². The molecule has 0 heterocycles. The Bertz CT molecular complexity index is 452. The maximum Gasteiger partial charge on any atom is 0.343 e. The van der Waals surface area contributed by atoms with E-state index in [2.05, 4.69) is 10.2 Å². The number of aliphatic carboxylic acids is 1. The Morgan fingerprint density at radius 1 is 1.44 bits per heavy atom. The van der Waals surface area contributed by atoms with Crippen LogP contribution in [-0.4, -0.2) is 30.8 Å². The number of carboxylic acid groups (broad SMARTS) is 1. The lowest BCUT2D eigenvalue weighted by molar-refractivity contribution is -0.143. The zero-order valence-corrected chi connectivity index (χ0v) is 10.2. The largest absolute Gasteiger partial charge is 0.495 e. The first-order chi connectivity index (χ1) is 8.52. The first-order valence-electron chi connectivity index (χ1n) is 4.77. The van der Waals surface area contributed by atoms with Gasteiger partial charge in [0.25, 0.3) is 0 Å². The minimum atomic E-state index is -1.19. The summed E-state index contributed by atoms with van der Waals surface area (Å²) in [7, 11) is 1.47. The molecule has 0 fully saturated rings. The molecule has 98 valence electrons. The van der Waals surface area contributed by atoms with E-state index in [4.69, 9.17) is 21.4 Å². The predicted molar refractivity (Wildman–Crippen MR) is 63.7 cm³/mol. The number of hydrogen-bond acceptors (Lipinski definition) is 4. The normalized spacial score (nSPS) is 9.67. The number of carbonyl (C=O) groups is 2. The van der Waals surface area contributed by atoms with Crippen molar-refractivity contribution in [3.8, 4) is 5.75 Å². The predicted octanol–water partition coefficient (Wildman–Crippen LogP) is 1.49. The summed E-state index contributed by atoms with van der Waals surface area (Å²) in [5.41, 5.74) is 2.32. The molecular weight excluding hydrogens is 264 g/mol. The van der Waals surface area contributed by atoms with E-state index >= 15 is 0 Å². The van der Waals surface area contributed by atoms with Crippen LogP contribution in [0.25, 0.3) is 0 Å². The molecule has 0 spiro atoms. The van der Waals surface area contributed by atoms with Gasteiger partial charge in [0.1, 0.15) is 5.75 Å². The number of benzene rings is 1. The molecule has 0 aliphatic carbocycles. The molecule has 0 aromatic heterocycles. The Labute approximate surface area is 108 Å². The van der Waals surface area contributed by atoms with E-state index in [9.17, 15) is 9.59 Å². The van der Waals surface area contributed by atoms with Gasteiger partial charge in [0.15, 0.2) is 6.61 Å². The third-order valence-electron chi connectivity index (χ3n) is 1.77. The van der Waals surface area contributed by atoms with Crippen LogP contribution in [0.5, 0.6) is 5.75 Å². The molecule has 0 saturated carbocycles. The van der Waals surface area contributed by atoms with Crippen molar-refractivity contribution in [2.75, 3.05) is 19.0 Å². The number of nitrogens with one attached hydrogen (secondary N) is 2. The Kier molecular flexibility index (Phi) is 5.22. The number of hydroxylamine groups is 1. The van der Waals surface area contributed by atoms with Crippen molar-refractivity contribution in [3.63, 3.8) is 0 Å². The molecule has 0 atom stereocenters. The van der Waals surface area contributed by atoms with Gasteiger partial charge >= 0.3 is 12.0 Å². The monoisotopic (exact) mass is 274 g/mol. The quantitative estimate of drug-likeness (QED) is 0.707. The van der Waals surface area contributed by atoms with E-state index in [1.54, 1.807) is 12.1 Å². The third kappa shape index (κ3) is 4.48. The highest BCUT2D eigenvalue weighted by molar-refractivity contribution is 6.32. The molecule has 0 unspecified atom stereocenters. The average Bonchev–Trinajstić information content (AvgIpc) is 2.28. The molecule has 7 nitrogen and oxygen atoms in total. The van der Waals surface area contributed by atoms with Gasteiger partial charge in [-0.25, -0.2) is 15.1 Å². The van der Waals surface area contributed by atoms with Gasteiger partial charge < -0.3 is 15.2 Å².